The molecule has 0 aliphatic heterocycles. The van der Waals surface area contributed by atoms with Crippen LogP contribution in [0.2, 0.25) is 0 Å². The smallest absolute Gasteiger partial charge is 0.202 e. The molecule has 0 bridgehead atoms. The number of carbonyl (C=O) groups is 2. The van der Waals surface area contributed by atoms with E-state index in [-0.39, 0.29) is 46.4 Å². The van der Waals surface area contributed by atoms with Crippen LogP contribution in [0.4, 0.5) is 27.1 Å². The second-order valence-electron chi connectivity index (χ2n) is 14.1. The Morgan fingerprint density at radius 2 is 0.940 bits per heavy atom. The molecule has 5 rings (SSSR count). The Kier molecular flexibility index (Phi) is 10.3. The highest BCUT2D eigenvalue weighted by Crippen LogP contribution is 2.51. The van der Waals surface area contributed by atoms with Crippen LogP contribution >= 0.6 is 0 Å². The highest BCUT2D eigenvalue weighted by atomic mass is 19.1. The number of methoxy groups -OCH3 is 1. The average Bonchev–Trinajstić information content (AvgIpc) is 3.06. The molecule has 4 aromatic rings. The second kappa shape index (κ2) is 14.2. The normalized spacial score (nSPS) is 13.3. The van der Waals surface area contributed by atoms with E-state index < -0.39 is 51.9 Å². The first-order chi connectivity index (χ1) is 23.6. The molecule has 0 heterocycles. The molecule has 0 radical (unpaired) electrons. The molecule has 264 valence electrons. The number of para-hydroxylation sites is 2. The van der Waals surface area contributed by atoms with Crippen molar-refractivity contribution in [3.05, 3.63) is 98.9 Å². The van der Waals surface area contributed by atoms with E-state index >= 15 is 4.39 Å². The Balaban J connectivity index is 1.97. The van der Waals surface area contributed by atoms with Crippen molar-refractivity contribution in [2.45, 2.75) is 92.3 Å². The molecule has 0 spiro atoms. The van der Waals surface area contributed by atoms with E-state index in [1.54, 1.807) is 6.92 Å². The molecule has 0 saturated carbocycles. The molecule has 1 atom stereocenters. The number of rotatable bonds is 11. The van der Waals surface area contributed by atoms with Gasteiger partial charge in [-0.3, -0.25) is 9.59 Å². The number of ether oxygens (including phenoxy) is 2. The first-order valence-electron chi connectivity index (χ1n) is 17.1. The fraction of sp³-hybridized carbons (Fsp3) is 0.366. The molecule has 1 aliphatic carbocycles. The molecule has 0 aromatic heterocycles. The van der Waals surface area contributed by atoms with Crippen LogP contribution in [0.15, 0.2) is 48.5 Å². The van der Waals surface area contributed by atoms with Crippen LogP contribution < -0.4 is 15.4 Å². The predicted octanol–water partition coefficient (Wildman–Crippen LogP) is 10.4. The molecule has 9 heteroatoms. The van der Waals surface area contributed by atoms with Crippen molar-refractivity contribution in [2.75, 3.05) is 17.7 Å². The lowest BCUT2D eigenvalue weighted by atomic mass is 9.81. The fourth-order valence-electron chi connectivity index (χ4n) is 6.63. The number of hydrogen-bond acceptors (Lipinski definition) is 8. The summed E-state index contributed by atoms with van der Waals surface area (Å²) in [7, 11) is 1.43. The molecule has 8 nitrogen and oxygen atoms in total. The van der Waals surface area contributed by atoms with Crippen LogP contribution in [0, 0.1) is 5.82 Å². The van der Waals surface area contributed by atoms with Crippen molar-refractivity contribution >= 4 is 34.3 Å². The number of carbonyl (C=O) groups excluding carboxylic acids is 2. The minimum atomic E-state index is -1.01. The van der Waals surface area contributed by atoms with Crippen molar-refractivity contribution in [3.8, 4) is 17.2 Å². The monoisotopic (exact) mass is 682 g/mol. The van der Waals surface area contributed by atoms with Gasteiger partial charge in [-0.05, 0) is 65.0 Å². The predicted molar refractivity (Wildman–Crippen MR) is 196 cm³/mol. The lowest BCUT2D eigenvalue weighted by Gasteiger charge is -2.30. The number of hydrogen-bond donors (Lipinski definition) is 4. The summed E-state index contributed by atoms with van der Waals surface area (Å²) >= 11 is 0. The minimum Gasteiger partial charge on any atom is -0.507 e. The molecule has 1 aliphatic rings. The van der Waals surface area contributed by atoms with Gasteiger partial charge in [-0.1, -0.05) is 91.8 Å². The number of nitrogens with one attached hydrogen (secondary N) is 2. The highest BCUT2D eigenvalue weighted by Gasteiger charge is 2.42. The third kappa shape index (κ3) is 6.31. The van der Waals surface area contributed by atoms with Gasteiger partial charge in [0.15, 0.2) is 17.9 Å². The molecular formula is C41H47FN2O6. The van der Waals surface area contributed by atoms with Crippen molar-refractivity contribution < 1.29 is 33.7 Å². The summed E-state index contributed by atoms with van der Waals surface area (Å²) in [6, 6.07) is 14.1. The van der Waals surface area contributed by atoms with Crippen molar-refractivity contribution in [1.82, 2.24) is 0 Å². The van der Waals surface area contributed by atoms with Gasteiger partial charge >= 0.3 is 0 Å². The van der Waals surface area contributed by atoms with Crippen LogP contribution in [0.1, 0.15) is 140 Å². The fourth-order valence-corrected chi connectivity index (χ4v) is 6.63. The molecule has 0 amide bonds. The highest BCUT2D eigenvalue weighted by molar-refractivity contribution is 6.32. The van der Waals surface area contributed by atoms with Crippen LogP contribution in [0.3, 0.4) is 0 Å². The summed E-state index contributed by atoms with van der Waals surface area (Å²) in [6.07, 6.45) is -0.945. The summed E-state index contributed by atoms with van der Waals surface area (Å²) in [5, 5.41) is 28.5. The minimum absolute atomic E-state index is 0.0433. The first-order valence-corrected chi connectivity index (χ1v) is 17.1. The first kappa shape index (κ1) is 36.4. The van der Waals surface area contributed by atoms with Gasteiger partial charge in [0.2, 0.25) is 11.6 Å². The lowest BCUT2D eigenvalue weighted by Crippen LogP contribution is -2.27. The van der Waals surface area contributed by atoms with Crippen molar-refractivity contribution in [2.24, 2.45) is 0 Å². The quantitative estimate of drug-likeness (QED) is 0.0803. The van der Waals surface area contributed by atoms with Crippen molar-refractivity contribution in [3.63, 3.8) is 0 Å². The number of ketones is 2. The number of anilines is 4. The molecular weight excluding hydrogens is 635 g/mol. The van der Waals surface area contributed by atoms with Gasteiger partial charge in [0.1, 0.15) is 22.9 Å². The van der Waals surface area contributed by atoms with E-state index in [9.17, 15) is 19.8 Å². The number of aromatic hydroxyl groups is 2. The Hall–Kier alpha value is -4.89. The van der Waals surface area contributed by atoms with Crippen LogP contribution in [-0.4, -0.2) is 35.2 Å². The Morgan fingerprint density at radius 1 is 0.560 bits per heavy atom. The Bertz CT molecular complexity index is 1930. The largest absolute Gasteiger partial charge is 0.507 e. The molecule has 1 unspecified atom stereocenters. The Labute approximate surface area is 293 Å². The van der Waals surface area contributed by atoms with E-state index in [4.69, 9.17) is 9.47 Å². The zero-order valence-corrected chi connectivity index (χ0v) is 30.4. The van der Waals surface area contributed by atoms with Crippen LogP contribution in [0.5, 0.6) is 17.2 Å². The molecule has 0 saturated heterocycles. The van der Waals surface area contributed by atoms with Crippen LogP contribution in [-0.2, 0) is 4.74 Å². The number of phenolic OH excluding ortho intramolecular Hbond substituents is 2. The maximum absolute atomic E-state index is 17.6. The van der Waals surface area contributed by atoms with Gasteiger partial charge in [0.25, 0.3) is 0 Å². The van der Waals surface area contributed by atoms with E-state index in [0.717, 1.165) is 34.4 Å². The van der Waals surface area contributed by atoms with E-state index in [0.29, 0.717) is 11.4 Å². The van der Waals surface area contributed by atoms with Gasteiger partial charge in [0, 0.05) is 18.5 Å². The number of halogens is 1. The lowest BCUT2D eigenvalue weighted by molar-refractivity contribution is -0.0381. The van der Waals surface area contributed by atoms with Gasteiger partial charge in [-0.15, -0.1) is 0 Å². The zero-order valence-electron chi connectivity index (χ0n) is 30.4. The molecule has 4 N–H and O–H groups in total. The summed E-state index contributed by atoms with van der Waals surface area (Å²) in [5.41, 5.74) is 3.23. The number of phenols is 2. The molecule has 0 fully saturated rings. The number of fused-ring (bicyclic) bond motifs is 2. The molecule has 4 aromatic carbocycles. The maximum atomic E-state index is 17.6. The number of benzene rings is 4. The summed E-state index contributed by atoms with van der Waals surface area (Å²) in [5.74, 6) is -3.85. The van der Waals surface area contributed by atoms with Crippen LogP contribution in [0.25, 0.3) is 0 Å². The third-order valence-electron chi connectivity index (χ3n) is 9.32. The second-order valence-corrected chi connectivity index (χ2v) is 14.1. The SMILES string of the molecule is COC(C)Oc1c(Nc2c(C(C)C)cccc2C(C)C)c(Nc2c(C(C)C)cccc2C(C)C)c(F)c2c1C(=O)c1c(O)ccc(O)c1C2=O. The average molecular weight is 683 g/mol. The van der Waals surface area contributed by atoms with E-state index in [2.05, 4.69) is 38.3 Å². The van der Waals surface area contributed by atoms with Gasteiger partial charge < -0.3 is 30.3 Å². The van der Waals surface area contributed by atoms with Crippen molar-refractivity contribution in [1.29, 1.82) is 0 Å². The topological polar surface area (TPSA) is 117 Å². The standard InChI is InChI=1S/C41H47FN2O6/c1-19(2)24-13-11-14-25(20(3)4)35(24)43-37-34(42)32-33(40(48)31-29(46)18-17-28(45)30(31)39(32)47)41(50-23(9)49-10)38(37)44-36-26(21(5)6)15-12-16-27(36)22(7)8/h11-23,43-46H,1-10H3. The van der Waals surface area contributed by atoms with Gasteiger partial charge in [-0.2, -0.15) is 0 Å². The van der Waals surface area contributed by atoms with Gasteiger partial charge in [0.05, 0.1) is 22.3 Å². The summed E-state index contributed by atoms with van der Waals surface area (Å²) < 4.78 is 29.5. The van der Waals surface area contributed by atoms with Gasteiger partial charge in [-0.25, -0.2) is 4.39 Å². The van der Waals surface area contributed by atoms with E-state index in [1.165, 1.54) is 7.11 Å². The molecule has 50 heavy (non-hydrogen) atoms. The summed E-state index contributed by atoms with van der Waals surface area (Å²) in [4.78, 5) is 28.7. The third-order valence-corrected chi connectivity index (χ3v) is 9.32. The Morgan fingerprint density at radius 3 is 1.32 bits per heavy atom. The maximum Gasteiger partial charge on any atom is 0.202 e. The summed E-state index contributed by atoms with van der Waals surface area (Å²) in [6.45, 7) is 18.0. The zero-order chi connectivity index (χ0) is 36.8. The van der Waals surface area contributed by atoms with E-state index in [1.807, 2.05) is 64.1 Å².